The van der Waals surface area contributed by atoms with Crippen molar-refractivity contribution in [3.8, 4) is 33.5 Å². The predicted octanol–water partition coefficient (Wildman–Crippen LogP) is 10.1. The maximum Gasteiger partial charge on any atom is 0.0972 e. The highest BCUT2D eigenvalue weighted by Crippen LogP contribution is 2.42. The number of fused-ring (bicyclic) bond motifs is 3. The molecule has 3 aromatic heterocycles. The lowest BCUT2D eigenvalue weighted by Crippen LogP contribution is -1.91. The van der Waals surface area contributed by atoms with Gasteiger partial charge in [0.05, 0.1) is 16.7 Å². The Kier molecular flexibility index (Phi) is 4.90. The number of rotatable bonds is 3. The first-order valence-electron chi connectivity index (χ1n) is 14.2. The van der Waals surface area contributed by atoms with Crippen molar-refractivity contribution in [2.24, 2.45) is 0 Å². The van der Waals surface area contributed by atoms with Crippen molar-refractivity contribution >= 4 is 54.1 Å². The van der Waals surface area contributed by atoms with Crippen LogP contribution >= 0.6 is 0 Å². The van der Waals surface area contributed by atoms with Gasteiger partial charge in [0.15, 0.2) is 0 Å². The fourth-order valence-corrected chi connectivity index (χ4v) is 6.56. The number of nitrogens with zero attached hydrogens (tertiary/aromatic N) is 3. The standard InChI is InChI=1S/C39H23N3/c1-4-28(22-29(5-1)35-19-14-27-9-8-26-6-3-21-41-38(26)39(27)42-35)31-15-10-24-13-18-34-32(30-7-2-20-40-23-30)16-11-25-12-17-33(31)36(24)37(25)34/h1-23H. The summed E-state index contributed by atoms with van der Waals surface area (Å²) < 4.78 is 0. The smallest absolute Gasteiger partial charge is 0.0972 e. The molecule has 6 aromatic carbocycles. The molecule has 0 aliphatic heterocycles. The minimum Gasteiger partial charge on any atom is -0.264 e. The number of hydrogen-bond donors (Lipinski definition) is 0. The molecular weight excluding hydrogens is 510 g/mol. The van der Waals surface area contributed by atoms with E-state index in [1.165, 1.54) is 49.0 Å². The van der Waals surface area contributed by atoms with Crippen LogP contribution in [0.3, 0.4) is 0 Å². The highest BCUT2D eigenvalue weighted by molar-refractivity contribution is 6.27. The predicted molar refractivity (Wildman–Crippen MR) is 175 cm³/mol. The molecule has 0 aliphatic carbocycles. The molecule has 3 heteroatoms. The third-order valence-electron chi connectivity index (χ3n) is 8.54. The van der Waals surface area contributed by atoms with Crippen LogP contribution < -0.4 is 0 Å². The average molecular weight is 534 g/mol. The van der Waals surface area contributed by atoms with Gasteiger partial charge in [0.25, 0.3) is 0 Å². The maximum absolute atomic E-state index is 5.11. The van der Waals surface area contributed by atoms with Crippen LogP contribution in [0, 0.1) is 0 Å². The summed E-state index contributed by atoms with van der Waals surface area (Å²) in [5, 5.41) is 9.82. The Morgan fingerprint density at radius 1 is 0.429 bits per heavy atom. The third-order valence-corrected chi connectivity index (χ3v) is 8.54. The van der Waals surface area contributed by atoms with Crippen molar-refractivity contribution < 1.29 is 0 Å². The molecule has 0 unspecified atom stereocenters. The van der Waals surface area contributed by atoms with Crippen molar-refractivity contribution in [1.82, 2.24) is 15.0 Å². The second-order valence-corrected chi connectivity index (χ2v) is 10.9. The summed E-state index contributed by atoms with van der Waals surface area (Å²) in [5.41, 5.74) is 8.65. The lowest BCUT2D eigenvalue weighted by molar-refractivity contribution is 1.33. The number of aromatic nitrogens is 3. The van der Waals surface area contributed by atoms with E-state index in [4.69, 9.17) is 4.98 Å². The molecule has 3 nitrogen and oxygen atoms in total. The Labute approximate surface area is 242 Å². The Balaban J connectivity index is 1.24. The minimum atomic E-state index is 0.933. The third kappa shape index (κ3) is 3.44. The van der Waals surface area contributed by atoms with Gasteiger partial charge < -0.3 is 0 Å². The first-order chi connectivity index (χ1) is 20.8. The topological polar surface area (TPSA) is 38.7 Å². The minimum absolute atomic E-state index is 0.933. The molecule has 9 rings (SSSR count). The van der Waals surface area contributed by atoms with Gasteiger partial charge in [-0.2, -0.15) is 0 Å². The zero-order valence-corrected chi connectivity index (χ0v) is 22.6. The average Bonchev–Trinajstić information content (AvgIpc) is 3.07. The summed E-state index contributed by atoms with van der Waals surface area (Å²) in [7, 11) is 0. The molecule has 0 atom stereocenters. The van der Waals surface area contributed by atoms with Crippen LogP contribution in [0.5, 0.6) is 0 Å². The summed E-state index contributed by atoms with van der Waals surface area (Å²) in [5.74, 6) is 0. The summed E-state index contributed by atoms with van der Waals surface area (Å²) in [6, 6.07) is 43.5. The van der Waals surface area contributed by atoms with E-state index in [-0.39, 0.29) is 0 Å². The molecule has 42 heavy (non-hydrogen) atoms. The van der Waals surface area contributed by atoms with Gasteiger partial charge in [-0.05, 0) is 73.3 Å². The van der Waals surface area contributed by atoms with Gasteiger partial charge >= 0.3 is 0 Å². The maximum atomic E-state index is 5.11. The SMILES string of the molecule is c1cncc(-c2ccc3ccc4c(-c5cccc(-c6ccc7ccc8cccnc8c7n6)c5)ccc5ccc2c3c54)c1. The second-order valence-electron chi connectivity index (χ2n) is 10.9. The zero-order chi connectivity index (χ0) is 27.6. The van der Waals surface area contributed by atoms with Gasteiger partial charge in [-0.3, -0.25) is 9.97 Å². The van der Waals surface area contributed by atoms with Crippen LogP contribution in [0.15, 0.2) is 140 Å². The molecule has 0 fully saturated rings. The van der Waals surface area contributed by atoms with E-state index in [1.54, 1.807) is 0 Å². The van der Waals surface area contributed by atoms with Crippen LogP contribution in [0.25, 0.3) is 87.6 Å². The molecule has 0 amide bonds. The zero-order valence-electron chi connectivity index (χ0n) is 22.6. The first kappa shape index (κ1) is 23.1. The van der Waals surface area contributed by atoms with Gasteiger partial charge in [0.2, 0.25) is 0 Å². The van der Waals surface area contributed by atoms with E-state index >= 15 is 0 Å². The van der Waals surface area contributed by atoms with Crippen LogP contribution in [-0.2, 0) is 0 Å². The van der Waals surface area contributed by atoms with Crippen LogP contribution in [-0.4, -0.2) is 15.0 Å². The van der Waals surface area contributed by atoms with Crippen LogP contribution in [0.1, 0.15) is 0 Å². The van der Waals surface area contributed by atoms with E-state index in [9.17, 15) is 0 Å². The van der Waals surface area contributed by atoms with Crippen molar-refractivity contribution in [2.75, 3.05) is 0 Å². The van der Waals surface area contributed by atoms with Crippen molar-refractivity contribution in [2.45, 2.75) is 0 Å². The largest absolute Gasteiger partial charge is 0.264 e. The molecule has 0 aliphatic rings. The monoisotopic (exact) mass is 533 g/mol. The highest BCUT2D eigenvalue weighted by Gasteiger charge is 2.15. The highest BCUT2D eigenvalue weighted by atomic mass is 14.7. The van der Waals surface area contributed by atoms with Crippen LogP contribution in [0.4, 0.5) is 0 Å². The Morgan fingerprint density at radius 2 is 1.05 bits per heavy atom. The van der Waals surface area contributed by atoms with Gasteiger partial charge in [-0.25, -0.2) is 4.98 Å². The molecule has 0 bridgehead atoms. The normalized spacial score (nSPS) is 11.8. The fraction of sp³-hybridized carbons (Fsp3) is 0. The molecule has 0 N–H and O–H groups in total. The summed E-state index contributed by atoms with van der Waals surface area (Å²) in [6.07, 6.45) is 5.61. The van der Waals surface area contributed by atoms with Gasteiger partial charge in [0.1, 0.15) is 0 Å². The summed E-state index contributed by atoms with van der Waals surface area (Å²) in [4.78, 5) is 14.1. The summed E-state index contributed by atoms with van der Waals surface area (Å²) >= 11 is 0. The molecule has 0 spiro atoms. The molecule has 0 radical (unpaired) electrons. The lowest BCUT2D eigenvalue weighted by atomic mass is 9.87. The van der Waals surface area contributed by atoms with Crippen LogP contribution in [0.2, 0.25) is 0 Å². The van der Waals surface area contributed by atoms with E-state index < -0.39 is 0 Å². The Hall–Kier alpha value is -5.67. The number of hydrogen-bond acceptors (Lipinski definition) is 3. The van der Waals surface area contributed by atoms with E-state index in [0.717, 1.165) is 38.6 Å². The number of pyridine rings is 3. The molecular formula is C39H23N3. The van der Waals surface area contributed by atoms with Crippen molar-refractivity contribution in [3.63, 3.8) is 0 Å². The molecule has 0 saturated carbocycles. The van der Waals surface area contributed by atoms with Gasteiger partial charge in [-0.15, -0.1) is 0 Å². The quantitative estimate of drug-likeness (QED) is 0.212. The van der Waals surface area contributed by atoms with E-state index in [1.807, 2.05) is 30.7 Å². The molecule has 9 aromatic rings. The van der Waals surface area contributed by atoms with E-state index in [2.05, 4.69) is 119 Å². The fourth-order valence-electron chi connectivity index (χ4n) is 6.56. The van der Waals surface area contributed by atoms with Crippen molar-refractivity contribution in [3.05, 3.63) is 140 Å². The van der Waals surface area contributed by atoms with E-state index in [0.29, 0.717) is 0 Å². The Morgan fingerprint density at radius 3 is 1.81 bits per heavy atom. The lowest BCUT2D eigenvalue weighted by Gasteiger charge is -2.16. The molecule has 0 saturated heterocycles. The Bertz CT molecular complexity index is 2460. The first-order valence-corrected chi connectivity index (χ1v) is 14.2. The molecule has 3 heterocycles. The molecule has 194 valence electrons. The summed E-state index contributed by atoms with van der Waals surface area (Å²) in [6.45, 7) is 0. The number of benzene rings is 6. The van der Waals surface area contributed by atoms with Crippen molar-refractivity contribution in [1.29, 1.82) is 0 Å². The van der Waals surface area contributed by atoms with Gasteiger partial charge in [0, 0.05) is 40.5 Å². The van der Waals surface area contributed by atoms with Gasteiger partial charge in [-0.1, -0.05) is 97.1 Å². The second kappa shape index (κ2) is 8.92.